The number of hydrogen-bond acceptors (Lipinski definition) is 1. The number of carbonyl (C=O) groups is 1. The Morgan fingerprint density at radius 3 is 2.92 bits per heavy atom. The van der Waals surface area contributed by atoms with Crippen LogP contribution in [0.2, 0.25) is 0 Å². The topological polar surface area (TPSA) is 29.1 Å². The third-order valence-electron chi connectivity index (χ3n) is 1.57. The van der Waals surface area contributed by atoms with Crippen molar-refractivity contribution in [1.82, 2.24) is 5.32 Å². The lowest BCUT2D eigenvalue weighted by atomic mass is 10.1. The summed E-state index contributed by atoms with van der Waals surface area (Å²) >= 11 is 5.44. The highest BCUT2D eigenvalue weighted by Gasteiger charge is 2.02. The normalized spacial score (nSPS) is 9.69. The number of carbonyl (C=O) groups excluding carboxylic acids is 1. The van der Waals surface area contributed by atoms with Gasteiger partial charge in [0.2, 0.25) is 0 Å². The summed E-state index contributed by atoms with van der Waals surface area (Å²) < 4.78 is 0. The predicted molar refractivity (Wildman–Crippen MR) is 54.0 cm³/mol. The zero-order chi connectivity index (χ0) is 9.68. The SMILES string of the molecule is [CH2]c1cccc(C(=O)NCCCl)c1. The number of hydrogen-bond donors (Lipinski definition) is 1. The van der Waals surface area contributed by atoms with Gasteiger partial charge in [-0.3, -0.25) is 4.79 Å². The number of alkyl halides is 1. The minimum absolute atomic E-state index is 0.105. The van der Waals surface area contributed by atoms with Crippen LogP contribution in [-0.2, 0) is 0 Å². The van der Waals surface area contributed by atoms with Crippen molar-refractivity contribution < 1.29 is 4.79 Å². The molecule has 0 heterocycles. The predicted octanol–water partition coefficient (Wildman–Crippen LogP) is 1.84. The third-order valence-corrected chi connectivity index (χ3v) is 1.76. The van der Waals surface area contributed by atoms with Crippen LogP contribution in [0.4, 0.5) is 0 Å². The van der Waals surface area contributed by atoms with E-state index in [1.54, 1.807) is 18.2 Å². The van der Waals surface area contributed by atoms with Crippen LogP contribution >= 0.6 is 11.6 Å². The molecule has 0 atom stereocenters. The highest BCUT2D eigenvalue weighted by atomic mass is 35.5. The molecule has 0 saturated heterocycles. The first-order valence-electron chi connectivity index (χ1n) is 4.00. The Kier molecular flexibility index (Phi) is 3.77. The van der Waals surface area contributed by atoms with Gasteiger partial charge < -0.3 is 5.32 Å². The first kappa shape index (κ1) is 10.1. The first-order chi connectivity index (χ1) is 6.24. The Labute approximate surface area is 82.9 Å². The van der Waals surface area contributed by atoms with Crippen molar-refractivity contribution in [1.29, 1.82) is 0 Å². The van der Waals surface area contributed by atoms with E-state index in [1.165, 1.54) is 0 Å². The molecule has 0 saturated carbocycles. The first-order valence-corrected chi connectivity index (χ1v) is 4.53. The minimum atomic E-state index is -0.105. The van der Waals surface area contributed by atoms with Crippen molar-refractivity contribution in [2.45, 2.75) is 0 Å². The summed E-state index contributed by atoms with van der Waals surface area (Å²) in [5.41, 5.74) is 1.45. The molecule has 0 unspecified atom stereocenters. The number of nitrogens with one attached hydrogen (secondary N) is 1. The van der Waals surface area contributed by atoms with E-state index in [4.69, 9.17) is 11.6 Å². The fraction of sp³-hybridized carbons (Fsp3) is 0.200. The van der Waals surface area contributed by atoms with Crippen LogP contribution in [0.25, 0.3) is 0 Å². The second-order valence-electron chi connectivity index (χ2n) is 2.65. The summed E-state index contributed by atoms with van der Waals surface area (Å²) in [6.07, 6.45) is 0. The maximum Gasteiger partial charge on any atom is 0.251 e. The van der Waals surface area contributed by atoms with E-state index in [0.29, 0.717) is 18.0 Å². The number of rotatable bonds is 3. The van der Waals surface area contributed by atoms with Crippen LogP contribution in [0, 0.1) is 6.92 Å². The van der Waals surface area contributed by atoms with Crippen LogP contribution in [0.1, 0.15) is 15.9 Å². The highest BCUT2D eigenvalue weighted by molar-refractivity contribution is 6.18. The van der Waals surface area contributed by atoms with Gasteiger partial charge in [-0.1, -0.05) is 12.1 Å². The maximum absolute atomic E-state index is 11.4. The van der Waals surface area contributed by atoms with Gasteiger partial charge in [0.15, 0.2) is 0 Å². The lowest BCUT2D eigenvalue weighted by Gasteiger charge is -2.02. The third kappa shape index (κ3) is 3.07. The summed E-state index contributed by atoms with van der Waals surface area (Å²) in [5.74, 6) is 0.321. The molecule has 1 aromatic carbocycles. The Balaban J connectivity index is 2.66. The van der Waals surface area contributed by atoms with Crippen LogP contribution in [0.3, 0.4) is 0 Å². The van der Waals surface area contributed by atoms with E-state index in [-0.39, 0.29) is 5.91 Å². The lowest BCUT2D eigenvalue weighted by Crippen LogP contribution is -2.25. The van der Waals surface area contributed by atoms with Gasteiger partial charge in [-0.2, -0.15) is 0 Å². The summed E-state index contributed by atoms with van der Waals surface area (Å²) in [6, 6.07) is 7.14. The zero-order valence-electron chi connectivity index (χ0n) is 7.22. The second-order valence-corrected chi connectivity index (χ2v) is 3.02. The van der Waals surface area contributed by atoms with Crippen molar-refractivity contribution in [2.75, 3.05) is 12.4 Å². The molecule has 1 amide bonds. The average Bonchev–Trinajstić information content (AvgIpc) is 2.14. The maximum atomic E-state index is 11.4. The molecular weight excluding hydrogens is 186 g/mol. The van der Waals surface area contributed by atoms with Gasteiger partial charge >= 0.3 is 0 Å². The van der Waals surface area contributed by atoms with E-state index in [9.17, 15) is 4.79 Å². The zero-order valence-corrected chi connectivity index (χ0v) is 7.97. The molecule has 0 aliphatic carbocycles. The molecule has 13 heavy (non-hydrogen) atoms. The molecule has 0 aliphatic rings. The molecule has 0 bridgehead atoms. The van der Waals surface area contributed by atoms with Crippen molar-refractivity contribution >= 4 is 17.5 Å². The number of halogens is 1. The summed E-state index contributed by atoms with van der Waals surface area (Å²) in [5, 5.41) is 2.68. The standard InChI is InChI=1S/C10H11ClNO/c1-8-3-2-4-9(7-8)10(13)12-6-5-11/h2-4,7H,1,5-6H2,(H,12,13). The molecule has 0 aromatic heterocycles. The fourth-order valence-electron chi connectivity index (χ4n) is 0.975. The molecule has 2 nitrogen and oxygen atoms in total. The second kappa shape index (κ2) is 4.87. The highest BCUT2D eigenvalue weighted by Crippen LogP contribution is 2.03. The van der Waals surface area contributed by atoms with Gasteiger partial charge in [0.05, 0.1) is 0 Å². The number of benzene rings is 1. The van der Waals surface area contributed by atoms with Gasteiger partial charge in [-0.05, 0) is 24.6 Å². The van der Waals surface area contributed by atoms with Crippen LogP contribution in [-0.4, -0.2) is 18.3 Å². The van der Waals surface area contributed by atoms with Crippen molar-refractivity contribution in [3.63, 3.8) is 0 Å². The molecular formula is C10H11ClNO. The molecule has 1 aromatic rings. The summed E-state index contributed by atoms with van der Waals surface area (Å²) in [4.78, 5) is 11.4. The van der Waals surface area contributed by atoms with E-state index in [2.05, 4.69) is 12.2 Å². The van der Waals surface area contributed by atoms with Gasteiger partial charge in [0.25, 0.3) is 5.91 Å². The molecule has 3 heteroatoms. The molecule has 0 fully saturated rings. The van der Waals surface area contributed by atoms with Gasteiger partial charge in [-0.25, -0.2) is 0 Å². The Morgan fingerprint density at radius 2 is 2.31 bits per heavy atom. The lowest BCUT2D eigenvalue weighted by molar-refractivity contribution is 0.0956. The van der Waals surface area contributed by atoms with Crippen LogP contribution in [0.15, 0.2) is 24.3 Å². The molecule has 0 spiro atoms. The van der Waals surface area contributed by atoms with Crippen molar-refractivity contribution in [3.8, 4) is 0 Å². The molecule has 1 rings (SSSR count). The van der Waals surface area contributed by atoms with Crippen LogP contribution < -0.4 is 5.32 Å². The quantitative estimate of drug-likeness (QED) is 0.735. The number of amides is 1. The van der Waals surface area contributed by atoms with E-state index < -0.39 is 0 Å². The van der Waals surface area contributed by atoms with Crippen molar-refractivity contribution in [2.24, 2.45) is 0 Å². The molecule has 1 N–H and O–H groups in total. The molecule has 0 aliphatic heterocycles. The molecule has 1 radical (unpaired) electrons. The monoisotopic (exact) mass is 196 g/mol. The Bertz CT molecular complexity index is 299. The van der Waals surface area contributed by atoms with Gasteiger partial charge in [0, 0.05) is 18.0 Å². The van der Waals surface area contributed by atoms with E-state index in [0.717, 1.165) is 5.56 Å². The van der Waals surface area contributed by atoms with Gasteiger partial charge in [-0.15, -0.1) is 11.6 Å². The van der Waals surface area contributed by atoms with E-state index in [1.807, 2.05) is 6.07 Å². The Hall–Kier alpha value is -1.02. The fourth-order valence-corrected chi connectivity index (χ4v) is 1.07. The molecule has 69 valence electrons. The smallest absolute Gasteiger partial charge is 0.251 e. The summed E-state index contributed by atoms with van der Waals surface area (Å²) in [6.45, 7) is 4.23. The largest absolute Gasteiger partial charge is 0.351 e. The summed E-state index contributed by atoms with van der Waals surface area (Å²) in [7, 11) is 0. The van der Waals surface area contributed by atoms with E-state index >= 15 is 0 Å². The van der Waals surface area contributed by atoms with Gasteiger partial charge in [0.1, 0.15) is 0 Å². The average molecular weight is 197 g/mol. The Morgan fingerprint density at radius 1 is 1.54 bits per heavy atom. The minimum Gasteiger partial charge on any atom is -0.351 e. The van der Waals surface area contributed by atoms with Crippen LogP contribution in [0.5, 0.6) is 0 Å². The van der Waals surface area contributed by atoms with Crippen molar-refractivity contribution in [3.05, 3.63) is 42.3 Å².